The summed E-state index contributed by atoms with van der Waals surface area (Å²) in [5.41, 5.74) is 5.34. The second-order valence-corrected chi connectivity index (χ2v) is 3.01. The van der Waals surface area contributed by atoms with Gasteiger partial charge in [0.1, 0.15) is 0 Å². The second-order valence-electron chi connectivity index (χ2n) is 2.64. The maximum atomic E-state index is 11.2. The maximum absolute atomic E-state index is 11.2. The van der Waals surface area contributed by atoms with Gasteiger partial charge < -0.3 is 20.9 Å². The number of rotatable bonds is 6. The first-order valence-electron chi connectivity index (χ1n) is 3.91. The number of carboxylic acid groups (broad SMARTS) is 1. The van der Waals surface area contributed by atoms with Gasteiger partial charge in [0, 0.05) is 12.9 Å². The molecule has 0 aliphatic carbocycles. The molecule has 0 rings (SSSR count). The molecule has 0 aliphatic heterocycles. The molecule has 2 atom stereocenters. The van der Waals surface area contributed by atoms with Gasteiger partial charge in [-0.05, 0) is 0 Å². The van der Waals surface area contributed by atoms with Crippen LogP contribution in [0, 0.1) is 0 Å². The molecule has 1 amide bonds. The standard InChI is InChI=1S/C7H14N2O4S/c1-13-2-5(7(11)12)9-6(10)4(8)3-14/h4-5,14H,2-3,8H2,1H3,(H,9,10)(H,11,12)/t4-,5+/m1/s1. The number of aliphatic carboxylic acids is 1. The monoisotopic (exact) mass is 222 g/mol. The van der Waals surface area contributed by atoms with Crippen molar-refractivity contribution in [3.05, 3.63) is 0 Å². The lowest BCUT2D eigenvalue weighted by Gasteiger charge is -2.15. The second kappa shape index (κ2) is 6.63. The van der Waals surface area contributed by atoms with Crippen molar-refractivity contribution < 1.29 is 19.4 Å². The summed E-state index contributed by atoms with van der Waals surface area (Å²) >= 11 is 3.82. The van der Waals surface area contributed by atoms with E-state index in [1.165, 1.54) is 7.11 Å². The van der Waals surface area contributed by atoms with Crippen molar-refractivity contribution in [1.82, 2.24) is 5.32 Å². The molecular formula is C7H14N2O4S. The van der Waals surface area contributed by atoms with Gasteiger partial charge in [0.05, 0.1) is 12.6 Å². The highest BCUT2D eigenvalue weighted by molar-refractivity contribution is 7.80. The third-order valence-electron chi connectivity index (χ3n) is 1.48. The third-order valence-corrected chi connectivity index (χ3v) is 1.87. The largest absolute Gasteiger partial charge is 0.480 e. The Kier molecular flexibility index (Phi) is 6.26. The molecule has 0 heterocycles. The zero-order valence-electron chi connectivity index (χ0n) is 7.77. The molecule has 0 radical (unpaired) electrons. The van der Waals surface area contributed by atoms with Gasteiger partial charge in [-0.2, -0.15) is 12.6 Å². The van der Waals surface area contributed by atoms with Gasteiger partial charge in [0.15, 0.2) is 6.04 Å². The van der Waals surface area contributed by atoms with Gasteiger partial charge in [-0.1, -0.05) is 0 Å². The van der Waals surface area contributed by atoms with E-state index in [0.717, 1.165) is 0 Å². The van der Waals surface area contributed by atoms with E-state index in [4.69, 9.17) is 10.8 Å². The molecular weight excluding hydrogens is 208 g/mol. The van der Waals surface area contributed by atoms with Crippen LogP contribution in [0.4, 0.5) is 0 Å². The van der Waals surface area contributed by atoms with Crippen LogP contribution in [0.1, 0.15) is 0 Å². The minimum atomic E-state index is -1.16. The Labute approximate surface area is 87.2 Å². The van der Waals surface area contributed by atoms with Crippen LogP contribution in [0.15, 0.2) is 0 Å². The van der Waals surface area contributed by atoms with Gasteiger partial charge in [0.2, 0.25) is 5.91 Å². The van der Waals surface area contributed by atoms with Crippen molar-refractivity contribution in [2.45, 2.75) is 12.1 Å². The van der Waals surface area contributed by atoms with Crippen molar-refractivity contribution in [1.29, 1.82) is 0 Å². The maximum Gasteiger partial charge on any atom is 0.328 e. The van der Waals surface area contributed by atoms with Crippen molar-refractivity contribution in [2.24, 2.45) is 5.73 Å². The molecule has 0 aromatic carbocycles. The predicted molar refractivity (Wildman–Crippen MR) is 53.3 cm³/mol. The summed E-state index contributed by atoms with van der Waals surface area (Å²) in [5.74, 6) is -1.55. The summed E-state index contributed by atoms with van der Waals surface area (Å²) in [7, 11) is 1.35. The minimum absolute atomic E-state index is 0.0969. The number of nitrogens with one attached hydrogen (secondary N) is 1. The first kappa shape index (κ1) is 13.2. The van der Waals surface area contributed by atoms with Crippen molar-refractivity contribution >= 4 is 24.5 Å². The molecule has 6 nitrogen and oxygen atoms in total. The first-order chi connectivity index (χ1) is 6.52. The lowest BCUT2D eigenvalue weighted by molar-refractivity contribution is -0.143. The molecule has 4 N–H and O–H groups in total. The molecule has 0 aromatic rings. The fourth-order valence-electron chi connectivity index (χ4n) is 0.703. The van der Waals surface area contributed by atoms with Crippen LogP contribution in [0.5, 0.6) is 0 Å². The van der Waals surface area contributed by atoms with Crippen LogP contribution >= 0.6 is 12.6 Å². The zero-order valence-corrected chi connectivity index (χ0v) is 8.66. The lowest BCUT2D eigenvalue weighted by atomic mass is 10.2. The van der Waals surface area contributed by atoms with Gasteiger partial charge in [-0.3, -0.25) is 4.79 Å². The highest BCUT2D eigenvalue weighted by atomic mass is 32.1. The smallest absolute Gasteiger partial charge is 0.328 e. The predicted octanol–water partition coefficient (Wildman–Crippen LogP) is -1.54. The number of amides is 1. The van der Waals surface area contributed by atoms with Crippen LogP contribution < -0.4 is 11.1 Å². The van der Waals surface area contributed by atoms with E-state index in [2.05, 4.69) is 22.7 Å². The molecule has 0 saturated carbocycles. The summed E-state index contributed by atoms with van der Waals surface area (Å²) in [5, 5.41) is 10.9. The third kappa shape index (κ3) is 4.45. The fraction of sp³-hybridized carbons (Fsp3) is 0.714. The van der Waals surface area contributed by atoms with Crippen molar-refractivity contribution in [3.8, 4) is 0 Å². The molecule has 0 spiro atoms. The summed E-state index contributed by atoms with van der Waals surface area (Å²) in [6, 6.07) is -1.88. The molecule has 0 aliphatic rings. The van der Waals surface area contributed by atoms with E-state index < -0.39 is 24.0 Å². The van der Waals surface area contributed by atoms with Gasteiger partial charge >= 0.3 is 5.97 Å². The molecule has 0 aromatic heterocycles. The van der Waals surface area contributed by atoms with Crippen molar-refractivity contribution in [3.63, 3.8) is 0 Å². The lowest BCUT2D eigenvalue weighted by Crippen LogP contribution is -2.50. The highest BCUT2D eigenvalue weighted by Crippen LogP contribution is 1.89. The summed E-state index contributed by atoms with van der Waals surface area (Å²) < 4.78 is 4.62. The van der Waals surface area contributed by atoms with Crippen LogP contribution in [-0.4, -0.2) is 48.5 Å². The summed E-state index contributed by atoms with van der Waals surface area (Å²) in [6.45, 7) is -0.0969. The van der Waals surface area contributed by atoms with E-state index in [-0.39, 0.29) is 12.4 Å². The Balaban J connectivity index is 4.15. The van der Waals surface area contributed by atoms with Gasteiger partial charge in [-0.15, -0.1) is 0 Å². The van der Waals surface area contributed by atoms with E-state index in [0.29, 0.717) is 0 Å². The Hall–Kier alpha value is -0.790. The van der Waals surface area contributed by atoms with Crippen molar-refractivity contribution in [2.75, 3.05) is 19.5 Å². The number of carboxylic acids is 1. The Bertz CT molecular complexity index is 212. The van der Waals surface area contributed by atoms with Crippen LogP contribution in [0.25, 0.3) is 0 Å². The van der Waals surface area contributed by atoms with E-state index >= 15 is 0 Å². The Morgan fingerprint density at radius 3 is 2.57 bits per heavy atom. The quantitative estimate of drug-likeness (QED) is 0.408. The van der Waals surface area contributed by atoms with Crippen LogP contribution in [-0.2, 0) is 14.3 Å². The molecule has 0 saturated heterocycles. The van der Waals surface area contributed by atoms with Gasteiger partial charge in [0.25, 0.3) is 0 Å². The molecule has 82 valence electrons. The molecule has 0 bridgehead atoms. The molecule has 7 heteroatoms. The van der Waals surface area contributed by atoms with E-state index in [1.807, 2.05) is 0 Å². The molecule has 0 fully saturated rings. The van der Waals surface area contributed by atoms with Crippen LogP contribution in [0.2, 0.25) is 0 Å². The first-order valence-corrected chi connectivity index (χ1v) is 4.54. The summed E-state index contributed by atoms with van der Waals surface area (Å²) in [6.07, 6.45) is 0. The number of thiol groups is 1. The number of nitrogens with two attached hydrogens (primary N) is 1. The van der Waals surface area contributed by atoms with Gasteiger partial charge in [-0.25, -0.2) is 4.79 Å². The number of hydrogen-bond acceptors (Lipinski definition) is 5. The topological polar surface area (TPSA) is 102 Å². The Morgan fingerprint density at radius 1 is 1.64 bits per heavy atom. The zero-order chi connectivity index (χ0) is 11.1. The Morgan fingerprint density at radius 2 is 2.21 bits per heavy atom. The number of methoxy groups -OCH3 is 1. The normalized spacial score (nSPS) is 14.5. The average molecular weight is 222 g/mol. The summed E-state index contributed by atoms with van der Waals surface area (Å²) in [4.78, 5) is 21.7. The SMILES string of the molecule is COC[C@H](NC(=O)[C@H](N)CS)C(=O)O. The van der Waals surface area contributed by atoms with E-state index in [9.17, 15) is 9.59 Å². The number of ether oxygens (including phenoxy) is 1. The highest BCUT2D eigenvalue weighted by Gasteiger charge is 2.22. The number of carbonyl (C=O) groups excluding carboxylic acids is 1. The molecule has 0 unspecified atom stereocenters. The molecule has 14 heavy (non-hydrogen) atoms. The fourth-order valence-corrected chi connectivity index (χ4v) is 0.869. The van der Waals surface area contributed by atoms with Crippen LogP contribution in [0.3, 0.4) is 0 Å². The minimum Gasteiger partial charge on any atom is -0.480 e. The number of carbonyl (C=O) groups is 2. The van der Waals surface area contributed by atoms with E-state index in [1.54, 1.807) is 0 Å². The number of hydrogen-bond donors (Lipinski definition) is 4. The average Bonchev–Trinajstić information content (AvgIpc) is 2.15.